The summed E-state index contributed by atoms with van der Waals surface area (Å²) >= 11 is 7.48. The minimum Gasteiger partial charge on any atom is -0.352 e. The number of anilines is 1. The van der Waals surface area contributed by atoms with Crippen molar-refractivity contribution in [2.24, 2.45) is 5.92 Å². The number of halogens is 1. The van der Waals surface area contributed by atoms with Gasteiger partial charge in [-0.25, -0.2) is 4.98 Å². The van der Waals surface area contributed by atoms with Gasteiger partial charge in [0.1, 0.15) is 4.70 Å². The average molecular weight is 493 g/mol. The lowest BCUT2D eigenvalue weighted by Gasteiger charge is -2.34. The Hall–Kier alpha value is -3.16. The monoisotopic (exact) mass is 492 g/mol. The lowest BCUT2D eigenvalue weighted by atomic mass is 9.97. The van der Waals surface area contributed by atoms with Crippen LogP contribution in [0.4, 0.5) is 5.95 Å². The minimum absolute atomic E-state index is 0.0123. The predicted molar refractivity (Wildman–Crippen MR) is 138 cm³/mol. The number of amides is 1. The first-order valence-electron chi connectivity index (χ1n) is 11.4. The normalized spacial score (nSPS) is 16.0. The number of thiophene rings is 1. The van der Waals surface area contributed by atoms with Gasteiger partial charge in [0, 0.05) is 24.7 Å². The van der Waals surface area contributed by atoms with Crippen LogP contribution in [0.3, 0.4) is 0 Å². The van der Waals surface area contributed by atoms with E-state index < -0.39 is 0 Å². The number of nitrogens with zero attached hydrogens (tertiary/aromatic N) is 3. The molecular formula is C26H25ClN4O2S. The first-order chi connectivity index (χ1) is 16.6. The van der Waals surface area contributed by atoms with Crippen molar-refractivity contribution in [1.29, 1.82) is 0 Å². The Labute approximate surface area is 206 Å². The quantitative estimate of drug-likeness (QED) is 0.424. The van der Waals surface area contributed by atoms with Crippen molar-refractivity contribution in [2.75, 3.05) is 18.0 Å². The Morgan fingerprint density at radius 3 is 2.76 bits per heavy atom. The Balaban J connectivity index is 1.38. The number of carbonyl (C=O) groups excluding carboxylic acids is 1. The molecule has 1 aliphatic heterocycles. The fraction of sp³-hybridized carbons (Fsp3) is 0.269. The SMILES string of the molecule is O=C(NCc1cccc(Cl)c1)C1CCCN(c2nc3ccsc3c(=O)n2Cc2ccccc2)C1. The number of aromatic nitrogens is 2. The molecule has 4 aromatic rings. The van der Waals surface area contributed by atoms with Crippen LogP contribution in [-0.4, -0.2) is 28.5 Å². The molecule has 6 nitrogen and oxygen atoms in total. The van der Waals surface area contributed by atoms with Crippen LogP contribution in [0.2, 0.25) is 5.02 Å². The van der Waals surface area contributed by atoms with Crippen molar-refractivity contribution in [3.8, 4) is 0 Å². The van der Waals surface area contributed by atoms with Crippen LogP contribution in [-0.2, 0) is 17.9 Å². The van der Waals surface area contributed by atoms with Crippen molar-refractivity contribution in [2.45, 2.75) is 25.9 Å². The van der Waals surface area contributed by atoms with Gasteiger partial charge in [0.2, 0.25) is 11.9 Å². The predicted octanol–water partition coefficient (Wildman–Crippen LogP) is 4.69. The number of hydrogen-bond acceptors (Lipinski definition) is 5. The molecule has 0 saturated carbocycles. The summed E-state index contributed by atoms with van der Waals surface area (Å²) in [5, 5.41) is 5.60. The Bertz CT molecular complexity index is 1370. The number of fused-ring (bicyclic) bond motifs is 1. The number of carbonyl (C=O) groups is 1. The van der Waals surface area contributed by atoms with E-state index >= 15 is 0 Å². The highest BCUT2D eigenvalue weighted by atomic mass is 35.5. The fourth-order valence-electron chi connectivity index (χ4n) is 4.44. The van der Waals surface area contributed by atoms with E-state index in [-0.39, 0.29) is 17.4 Å². The molecule has 34 heavy (non-hydrogen) atoms. The third-order valence-electron chi connectivity index (χ3n) is 6.16. The summed E-state index contributed by atoms with van der Waals surface area (Å²) in [5.41, 5.74) is 2.68. The first-order valence-corrected chi connectivity index (χ1v) is 12.6. The van der Waals surface area contributed by atoms with E-state index in [0.29, 0.717) is 40.8 Å². The molecule has 1 atom stereocenters. The molecule has 1 aliphatic rings. The number of rotatable bonds is 6. The van der Waals surface area contributed by atoms with Crippen LogP contribution >= 0.6 is 22.9 Å². The third kappa shape index (κ3) is 4.86. The summed E-state index contributed by atoms with van der Waals surface area (Å²) in [5.74, 6) is 0.471. The molecular weight excluding hydrogens is 468 g/mol. The lowest BCUT2D eigenvalue weighted by molar-refractivity contribution is -0.125. The van der Waals surface area contributed by atoms with Crippen LogP contribution < -0.4 is 15.8 Å². The summed E-state index contributed by atoms with van der Waals surface area (Å²) in [6.45, 7) is 2.17. The van der Waals surface area contributed by atoms with Crippen molar-refractivity contribution >= 4 is 45.0 Å². The second-order valence-corrected chi connectivity index (χ2v) is 9.91. The molecule has 0 spiro atoms. The van der Waals surface area contributed by atoms with E-state index in [0.717, 1.165) is 30.5 Å². The van der Waals surface area contributed by atoms with E-state index in [1.807, 2.05) is 66.0 Å². The standard InChI is InChI=1S/C26H25ClN4O2S/c27-21-10-4-8-19(14-21)15-28-24(32)20-9-5-12-30(17-20)26-29-22-11-13-34-23(22)25(33)31(26)16-18-6-2-1-3-7-18/h1-4,6-8,10-11,13-14,20H,5,9,12,15-17H2,(H,28,32). The molecule has 1 N–H and O–H groups in total. The van der Waals surface area contributed by atoms with Crippen molar-refractivity contribution in [3.05, 3.63) is 92.5 Å². The summed E-state index contributed by atoms with van der Waals surface area (Å²) in [6.07, 6.45) is 1.67. The molecule has 0 radical (unpaired) electrons. The van der Waals surface area contributed by atoms with Gasteiger partial charge >= 0.3 is 0 Å². The summed E-state index contributed by atoms with van der Waals surface area (Å²) in [4.78, 5) is 33.3. The van der Waals surface area contributed by atoms with Crippen LogP contribution in [0.25, 0.3) is 10.2 Å². The minimum atomic E-state index is -0.173. The van der Waals surface area contributed by atoms with Gasteiger partial charge in [-0.3, -0.25) is 14.2 Å². The van der Waals surface area contributed by atoms with Crippen molar-refractivity contribution in [1.82, 2.24) is 14.9 Å². The van der Waals surface area contributed by atoms with Crippen LogP contribution in [0, 0.1) is 5.92 Å². The number of piperidine rings is 1. The van der Waals surface area contributed by atoms with E-state index in [2.05, 4.69) is 10.2 Å². The molecule has 1 unspecified atom stereocenters. The van der Waals surface area contributed by atoms with Gasteiger partial charge in [0.15, 0.2) is 0 Å². The Morgan fingerprint density at radius 2 is 1.94 bits per heavy atom. The summed E-state index contributed by atoms with van der Waals surface area (Å²) < 4.78 is 2.41. The van der Waals surface area contributed by atoms with Crippen LogP contribution in [0.15, 0.2) is 70.8 Å². The fourth-order valence-corrected chi connectivity index (χ4v) is 5.43. The van der Waals surface area contributed by atoms with Crippen LogP contribution in [0.5, 0.6) is 0 Å². The zero-order chi connectivity index (χ0) is 23.5. The molecule has 1 fully saturated rings. The zero-order valence-corrected chi connectivity index (χ0v) is 20.2. The summed E-state index contributed by atoms with van der Waals surface area (Å²) in [6, 6.07) is 19.3. The van der Waals surface area contributed by atoms with Gasteiger partial charge < -0.3 is 10.2 Å². The van der Waals surface area contributed by atoms with Crippen molar-refractivity contribution in [3.63, 3.8) is 0 Å². The maximum Gasteiger partial charge on any atom is 0.273 e. The number of benzene rings is 2. The van der Waals surface area contributed by atoms with Crippen molar-refractivity contribution < 1.29 is 4.79 Å². The van der Waals surface area contributed by atoms with Gasteiger partial charge in [0.25, 0.3) is 5.56 Å². The van der Waals surface area contributed by atoms with E-state index in [9.17, 15) is 9.59 Å². The summed E-state index contributed by atoms with van der Waals surface area (Å²) in [7, 11) is 0. The Kier molecular flexibility index (Phi) is 6.65. The maximum absolute atomic E-state index is 13.4. The molecule has 5 rings (SSSR count). The van der Waals surface area contributed by atoms with E-state index in [1.54, 1.807) is 4.57 Å². The molecule has 2 aromatic heterocycles. The Morgan fingerprint density at radius 1 is 1.12 bits per heavy atom. The highest BCUT2D eigenvalue weighted by molar-refractivity contribution is 7.17. The third-order valence-corrected chi connectivity index (χ3v) is 7.29. The average Bonchev–Trinajstić information content (AvgIpc) is 3.34. The number of nitrogens with one attached hydrogen (secondary N) is 1. The molecule has 8 heteroatoms. The largest absolute Gasteiger partial charge is 0.352 e. The van der Waals surface area contributed by atoms with Crippen LogP contribution in [0.1, 0.15) is 24.0 Å². The van der Waals surface area contributed by atoms with E-state index in [1.165, 1.54) is 11.3 Å². The number of hydrogen-bond donors (Lipinski definition) is 1. The topological polar surface area (TPSA) is 67.2 Å². The molecule has 0 bridgehead atoms. The highest BCUT2D eigenvalue weighted by Gasteiger charge is 2.28. The zero-order valence-electron chi connectivity index (χ0n) is 18.6. The second-order valence-electron chi connectivity index (χ2n) is 8.56. The lowest BCUT2D eigenvalue weighted by Crippen LogP contribution is -2.45. The molecule has 0 aliphatic carbocycles. The highest BCUT2D eigenvalue weighted by Crippen LogP contribution is 2.25. The van der Waals surface area contributed by atoms with E-state index in [4.69, 9.17) is 16.6 Å². The second kappa shape index (κ2) is 9.99. The smallest absolute Gasteiger partial charge is 0.273 e. The van der Waals surface area contributed by atoms with Gasteiger partial charge in [-0.15, -0.1) is 11.3 Å². The van der Waals surface area contributed by atoms with Gasteiger partial charge in [-0.2, -0.15) is 0 Å². The van der Waals surface area contributed by atoms with Gasteiger partial charge in [-0.1, -0.05) is 54.1 Å². The molecule has 1 saturated heterocycles. The molecule has 174 valence electrons. The first kappa shape index (κ1) is 22.6. The maximum atomic E-state index is 13.4. The molecule has 2 aromatic carbocycles. The van der Waals surface area contributed by atoms with Gasteiger partial charge in [-0.05, 0) is 47.5 Å². The molecule has 1 amide bonds. The molecule has 3 heterocycles. The van der Waals surface area contributed by atoms with Gasteiger partial charge in [0.05, 0.1) is 18.0 Å².